The highest BCUT2D eigenvalue weighted by Gasteiger charge is 2.06. The molecule has 2 aromatic rings. The number of carbonyl (C=O) groups excluding carboxylic acids is 1. The first-order valence-electron chi connectivity index (χ1n) is 4.79. The minimum Gasteiger partial charge on any atom is -0.354 e. The number of halogens is 1. The first kappa shape index (κ1) is 12.5. The maximum absolute atomic E-state index is 11.3. The lowest BCUT2D eigenvalue weighted by molar-refractivity contribution is 0.0967. The zero-order valence-corrected chi connectivity index (χ0v) is 12.2. The van der Waals surface area contributed by atoms with Gasteiger partial charge in [-0.1, -0.05) is 0 Å². The van der Waals surface area contributed by atoms with E-state index in [1.165, 1.54) is 11.3 Å². The quantitative estimate of drug-likeness (QED) is 0.936. The van der Waals surface area contributed by atoms with Gasteiger partial charge in [0.2, 0.25) is 0 Å². The monoisotopic (exact) mass is 328 g/mol. The Labute approximate surface area is 115 Å². The summed E-state index contributed by atoms with van der Waals surface area (Å²) < 4.78 is 1.08. The average Bonchev–Trinajstić information content (AvgIpc) is 2.94. The predicted octanol–water partition coefficient (Wildman–Crippen LogP) is 3.50. The Morgan fingerprint density at radius 2 is 2.35 bits per heavy atom. The summed E-state index contributed by atoms with van der Waals surface area (Å²) in [5, 5.41) is 5.43. The summed E-state index contributed by atoms with van der Waals surface area (Å²) in [6, 6.07) is 2.04. The van der Waals surface area contributed by atoms with Crippen molar-refractivity contribution in [2.75, 3.05) is 7.05 Å². The Hall–Kier alpha value is -0.980. The molecule has 2 heterocycles. The summed E-state index contributed by atoms with van der Waals surface area (Å²) in [5.41, 5.74) is 0. The Morgan fingerprint density at radius 3 is 3.00 bits per heavy atom. The minimum absolute atomic E-state index is 0.0963. The van der Waals surface area contributed by atoms with Crippen molar-refractivity contribution in [3.63, 3.8) is 0 Å². The summed E-state index contributed by atoms with van der Waals surface area (Å²) in [4.78, 5) is 17.3. The second-order valence-corrected chi connectivity index (χ2v) is 6.06. The van der Waals surface area contributed by atoms with Crippen LogP contribution in [0.3, 0.4) is 0 Å². The lowest BCUT2D eigenvalue weighted by atomic mass is 10.4. The number of amides is 1. The van der Waals surface area contributed by atoms with E-state index >= 15 is 0 Å². The Bertz CT molecular complexity index is 559. The maximum atomic E-state index is 11.3. The van der Waals surface area contributed by atoms with Crippen LogP contribution in [-0.4, -0.2) is 17.9 Å². The number of thiazole rings is 1. The van der Waals surface area contributed by atoms with Crippen molar-refractivity contribution < 1.29 is 4.79 Å². The number of aromatic nitrogens is 1. The fourth-order valence-corrected chi connectivity index (χ4v) is 3.27. The molecule has 0 aromatic carbocycles. The highest BCUT2D eigenvalue weighted by molar-refractivity contribution is 9.10. The van der Waals surface area contributed by atoms with E-state index in [9.17, 15) is 4.79 Å². The van der Waals surface area contributed by atoms with E-state index in [0.717, 1.165) is 14.4 Å². The van der Waals surface area contributed by atoms with Gasteiger partial charge in [0.25, 0.3) is 5.91 Å². The second kappa shape index (κ2) is 5.57. The molecule has 2 aromatic heterocycles. The van der Waals surface area contributed by atoms with Gasteiger partial charge in [0.15, 0.2) is 0 Å². The maximum Gasteiger partial charge on any atom is 0.262 e. The summed E-state index contributed by atoms with van der Waals surface area (Å²) >= 11 is 6.43. The van der Waals surface area contributed by atoms with Gasteiger partial charge in [-0.2, -0.15) is 0 Å². The first-order valence-corrected chi connectivity index (χ1v) is 7.28. The fraction of sp³-hybridized carbons (Fsp3) is 0.0909. The minimum atomic E-state index is -0.0963. The van der Waals surface area contributed by atoms with Gasteiger partial charge in [-0.05, 0) is 34.1 Å². The Kier molecular flexibility index (Phi) is 4.09. The molecular weight excluding hydrogens is 320 g/mol. The van der Waals surface area contributed by atoms with E-state index in [1.54, 1.807) is 24.6 Å². The predicted molar refractivity (Wildman–Crippen MR) is 76.5 cm³/mol. The number of nitrogens with one attached hydrogen (secondary N) is 1. The van der Waals surface area contributed by atoms with E-state index in [-0.39, 0.29) is 5.91 Å². The normalized spacial score (nSPS) is 10.9. The standard InChI is InChI=1S/C11H9BrN2OS2/c1-13-11(15)9-5-14-10(17-9)3-2-8-4-7(12)6-16-8/h2-6H,1H3,(H,13,15). The topological polar surface area (TPSA) is 42.0 Å². The van der Waals surface area contributed by atoms with Crippen molar-refractivity contribution in [1.82, 2.24) is 10.3 Å². The fourth-order valence-electron chi connectivity index (χ4n) is 1.16. The molecule has 6 heteroatoms. The highest BCUT2D eigenvalue weighted by Crippen LogP contribution is 2.22. The van der Waals surface area contributed by atoms with Crippen molar-refractivity contribution in [3.8, 4) is 0 Å². The third-order valence-corrected chi connectivity index (χ3v) is 4.57. The summed E-state index contributed by atoms with van der Waals surface area (Å²) in [6.07, 6.45) is 5.49. The zero-order chi connectivity index (χ0) is 12.3. The van der Waals surface area contributed by atoms with E-state index < -0.39 is 0 Å². The third kappa shape index (κ3) is 3.24. The van der Waals surface area contributed by atoms with Crippen molar-refractivity contribution in [1.29, 1.82) is 0 Å². The summed E-state index contributed by atoms with van der Waals surface area (Å²) in [7, 11) is 1.61. The number of thiophene rings is 1. The van der Waals surface area contributed by atoms with Crippen LogP contribution in [0.25, 0.3) is 12.2 Å². The highest BCUT2D eigenvalue weighted by atomic mass is 79.9. The SMILES string of the molecule is CNC(=O)c1cnc(C=Cc2cc(Br)cs2)s1. The number of hydrogen-bond acceptors (Lipinski definition) is 4. The van der Waals surface area contributed by atoms with Crippen molar-refractivity contribution in [2.45, 2.75) is 0 Å². The van der Waals surface area contributed by atoms with Crippen molar-refractivity contribution >= 4 is 56.7 Å². The van der Waals surface area contributed by atoms with Crippen LogP contribution in [-0.2, 0) is 0 Å². The average molecular weight is 329 g/mol. The summed E-state index contributed by atoms with van der Waals surface area (Å²) in [6.45, 7) is 0. The molecule has 0 saturated heterocycles. The molecule has 0 atom stereocenters. The molecule has 17 heavy (non-hydrogen) atoms. The van der Waals surface area contributed by atoms with Crippen LogP contribution in [0.4, 0.5) is 0 Å². The zero-order valence-electron chi connectivity index (χ0n) is 8.94. The largest absolute Gasteiger partial charge is 0.354 e. The molecule has 1 amide bonds. The molecule has 0 aliphatic carbocycles. The molecule has 3 nitrogen and oxygen atoms in total. The van der Waals surface area contributed by atoms with Crippen LogP contribution < -0.4 is 5.32 Å². The number of hydrogen-bond donors (Lipinski definition) is 1. The number of rotatable bonds is 3. The van der Waals surface area contributed by atoms with Crippen LogP contribution in [0.5, 0.6) is 0 Å². The second-order valence-electron chi connectivity index (χ2n) is 3.14. The van der Waals surface area contributed by atoms with Crippen LogP contribution in [0.15, 0.2) is 22.1 Å². The van der Waals surface area contributed by atoms with Gasteiger partial charge in [-0.15, -0.1) is 22.7 Å². The van der Waals surface area contributed by atoms with Gasteiger partial charge < -0.3 is 5.32 Å². The van der Waals surface area contributed by atoms with Crippen molar-refractivity contribution in [3.05, 3.63) is 36.9 Å². The molecule has 0 bridgehead atoms. The van der Waals surface area contributed by atoms with Gasteiger partial charge in [0.05, 0.1) is 6.20 Å². The summed E-state index contributed by atoms with van der Waals surface area (Å²) in [5.74, 6) is -0.0963. The molecule has 0 aliphatic rings. The van der Waals surface area contributed by atoms with Gasteiger partial charge in [0.1, 0.15) is 9.88 Å². The van der Waals surface area contributed by atoms with Crippen LogP contribution in [0, 0.1) is 0 Å². The van der Waals surface area contributed by atoms with E-state index in [4.69, 9.17) is 0 Å². The molecule has 88 valence electrons. The smallest absolute Gasteiger partial charge is 0.262 e. The third-order valence-electron chi connectivity index (χ3n) is 1.95. The molecule has 2 rings (SSSR count). The van der Waals surface area contributed by atoms with Gasteiger partial charge in [-0.25, -0.2) is 4.98 Å². The van der Waals surface area contributed by atoms with Crippen LogP contribution >= 0.6 is 38.6 Å². The molecule has 1 N–H and O–H groups in total. The van der Waals surface area contributed by atoms with E-state index in [1.807, 2.05) is 23.6 Å². The van der Waals surface area contributed by atoms with Gasteiger partial charge >= 0.3 is 0 Å². The van der Waals surface area contributed by atoms with Gasteiger partial charge in [-0.3, -0.25) is 4.79 Å². The van der Waals surface area contributed by atoms with E-state index in [0.29, 0.717) is 4.88 Å². The molecule has 0 aliphatic heterocycles. The number of nitrogens with zero attached hydrogens (tertiary/aromatic N) is 1. The van der Waals surface area contributed by atoms with Gasteiger partial charge in [0, 0.05) is 21.8 Å². The Balaban J connectivity index is 2.11. The lowest BCUT2D eigenvalue weighted by Gasteiger charge is -1.90. The lowest BCUT2D eigenvalue weighted by Crippen LogP contribution is -2.16. The van der Waals surface area contributed by atoms with E-state index in [2.05, 4.69) is 26.2 Å². The molecule has 0 fully saturated rings. The number of carbonyl (C=O) groups is 1. The molecule has 0 radical (unpaired) electrons. The van der Waals surface area contributed by atoms with Crippen LogP contribution in [0.2, 0.25) is 0 Å². The molecular formula is C11H9BrN2OS2. The Morgan fingerprint density at radius 1 is 1.53 bits per heavy atom. The first-order chi connectivity index (χ1) is 8.19. The molecule has 0 saturated carbocycles. The van der Waals surface area contributed by atoms with Crippen LogP contribution in [0.1, 0.15) is 19.6 Å². The van der Waals surface area contributed by atoms with Crippen molar-refractivity contribution in [2.24, 2.45) is 0 Å². The molecule has 0 spiro atoms. The molecule has 0 unspecified atom stereocenters.